The predicted octanol–water partition coefficient (Wildman–Crippen LogP) is 2.46. The Morgan fingerprint density at radius 1 is 1.33 bits per heavy atom. The summed E-state index contributed by atoms with van der Waals surface area (Å²) < 4.78 is 16.7. The van der Waals surface area contributed by atoms with Gasteiger partial charge >= 0.3 is 6.09 Å². The Morgan fingerprint density at radius 2 is 2.00 bits per heavy atom. The van der Waals surface area contributed by atoms with Crippen LogP contribution in [-0.4, -0.2) is 70.7 Å². The molecule has 11 heteroatoms. The Labute approximate surface area is 195 Å². The van der Waals surface area contributed by atoms with E-state index in [-0.39, 0.29) is 36.1 Å². The van der Waals surface area contributed by atoms with Crippen LogP contribution in [0.3, 0.4) is 0 Å². The molecule has 1 aromatic rings. The smallest absolute Gasteiger partial charge is 0.412 e. The molecule has 0 saturated carbocycles. The second kappa shape index (κ2) is 10.6. The Hall–Kier alpha value is -1.63. The highest BCUT2D eigenvalue weighted by atomic mass is 127. The number of rotatable bonds is 5. The monoisotopic (exact) mass is 538 g/mol. The molecule has 172 valence electrons. The average molecular weight is 538 g/mol. The van der Waals surface area contributed by atoms with Crippen LogP contribution in [0.5, 0.6) is 0 Å². The molecule has 30 heavy (non-hydrogen) atoms. The van der Waals surface area contributed by atoms with E-state index in [0.717, 1.165) is 0 Å². The molecule has 2 heterocycles. The quantitative estimate of drug-likeness (QED) is 0.334. The lowest BCUT2D eigenvalue weighted by Gasteiger charge is -2.35. The van der Waals surface area contributed by atoms with Crippen molar-refractivity contribution in [2.75, 3.05) is 20.1 Å². The number of guanidine groups is 1. The van der Waals surface area contributed by atoms with Gasteiger partial charge in [0.05, 0.1) is 12.1 Å². The number of carbonyl (C=O) groups excluding carboxylic acids is 1. The topological polar surface area (TPSA) is 114 Å². The summed E-state index contributed by atoms with van der Waals surface area (Å²) in [5.41, 5.74) is -1.34. The molecule has 1 saturated heterocycles. The van der Waals surface area contributed by atoms with Crippen LogP contribution in [0, 0.1) is 6.92 Å². The first-order valence-corrected chi connectivity index (χ1v) is 9.87. The second-order valence-electron chi connectivity index (χ2n) is 8.55. The van der Waals surface area contributed by atoms with Crippen LogP contribution in [0.15, 0.2) is 9.52 Å². The number of halogens is 1. The highest BCUT2D eigenvalue weighted by Gasteiger charge is 2.49. The van der Waals surface area contributed by atoms with E-state index in [1.807, 2.05) is 41.5 Å². The van der Waals surface area contributed by atoms with Gasteiger partial charge in [-0.25, -0.2) is 4.79 Å². The van der Waals surface area contributed by atoms with Gasteiger partial charge in [0.15, 0.2) is 11.8 Å². The van der Waals surface area contributed by atoms with Crippen LogP contribution in [0.25, 0.3) is 0 Å². The van der Waals surface area contributed by atoms with E-state index in [4.69, 9.17) is 14.0 Å². The molecule has 1 fully saturated rings. The zero-order valence-electron chi connectivity index (χ0n) is 19.1. The van der Waals surface area contributed by atoms with Gasteiger partial charge in [-0.15, -0.1) is 24.0 Å². The van der Waals surface area contributed by atoms with Crippen LogP contribution in [0.1, 0.15) is 53.3 Å². The molecular weight excluding hydrogens is 503 g/mol. The molecular formula is C19H35IN6O4. The highest BCUT2D eigenvalue weighted by molar-refractivity contribution is 14.0. The number of nitrogens with one attached hydrogen (secondary N) is 2. The first kappa shape index (κ1) is 26.4. The molecule has 2 unspecified atom stereocenters. The molecule has 1 amide bonds. The number of nitrogens with zero attached hydrogens (tertiary/aromatic N) is 4. The highest BCUT2D eigenvalue weighted by Crippen LogP contribution is 2.33. The number of hydrogen-bond acceptors (Lipinski definition) is 7. The predicted molar refractivity (Wildman–Crippen MR) is 124 cm³/mol. The van der Waals surface area contributed by atoms with E-state index in [9.17, 15) is 4.79 Å². The van der Waals surface area contributed by atoms with Crippen molar-refractivity contribution in [2.45, 2.75) is 78.4 Å². The maximum Gasteiger partial charge on any atom is 0.412 e. The maximum absolute atomic E-state index is 12.8. The van der Waals surface area contributed by atoms with Crippen LogP contribution < -0.4 is 10.6 Å². The third-order valence-electron chi connectivity index (χ3n) is 4.42. The zero-order chi connectivity index (χ0) is 21.8. The minimum atomic E-state index is -0.763. The summed E-state index contributed by atoms with van der Waals surface area (Å²) >= 11 is 0. The van der Waals surface area contributed by atoms with Crippen molar-refractivity contribution in [3.63, 3.8) is 0 Å². The number of aromatic nitrogens is 2. The van der Waals surface area contributed by atoms with Crippen molar-refractivity contribution in [1.29, 1.82) is 0 Å². The van der Waals surface area contributed by atoms with Gasteiger partial charge < -0.3 is 24.6 Å². The standard InChI is InChI=1S/C19H34N6O4.HI/c1-12-14(25(19(6,7)27-12)17(26)28-18(3,4)5)11-22-16(20-8)21-10-9-15-23-13(2)24-29-15;/h12,14H,9-11H2,1-8H3,(H2,20,21,22);1H. The van der Waals surface area contributed by atoms with Crippen LogP contribution in [0.2, 0.25) is 0 Å². The van der Waals surface area contributed by atoms with E-state index in [0.29, 0.717) is 37.2 Å². The van der Waals surface area contributed by atoms with Crippen LogP contribution in [0.4, 0.5) is 4.79 Å². The van der Waals surface area contributed by atoms with E-state index in [1.54, 1.807) is 18.9 Å². The van der Waals surface area contributed by atoms with Crippen LogP contribution >= 0.6 is 24.0 Å². The Morgan fingerprint density at radius 3 is 2.53 bits per heavy atom. The maximum atomic E-state index is 12.8. The lowest BCUT2D eigenvalue weighted by Crippen LogP contribution is -2.54. The number of ether oxygens (including phenoxy) is 2. The number of carbonyl (C=O) groups is 1. The minimum absolute atomic E-state index is 0. The lowest BCUT2D eigenvalue weighted by atomic mass is 10.1. The summed E-state index contributed by atoms with van der Waals surface area (Å²) in [5.74, 6) is 1.80. The molecule has 0 bridgehead atoms. The number of hydrogen-bond donors (Lipinski definition) is 2. The summed E-state index contributed by atoms with van der Waals surface area (Å²) in [5, 5.41) is 10.2. The van der Waals surface area contributed by atoms with Gasteiger partial charge in [0.25, 0.3) is 0 Å². The average Bonchev–Trinajstić information content (AvgIpc) is 3.08. The fourth-order valence-electron chi connectivity index (χ4n) is 3.27. The van der Waals surface area contributed by atoms with Gasteiger partial charge in [0.2, 0.25) is 5.89 Å². The molecule has 1 aliphatic heterocycles. The number of aryl methyl sites for hydroxylation is 1. The normalized spacial score (nSPS) is 21.2. The molecule has 1 aliphatic rings. The second-order valence-corrected chi connectivity index (χ2v) is 8.55. The van der Waals surface area contributed by atoms with Gasteiger partial charge in [-0.3, -0.25) is 9.89 Å². The van der Waals surface area contributed by atoms with Crippen LogP contribution in [-0.2, 0) is 15.9 Å². The largest absolute Gasteiger partial charge is 0.444 e. The molecule has 1 aromatic heterocycles. The lowest BCUT2D eigenvalue weighted by molar-refractivity contribution is -0.0755. The van der Waals surface area contributed by atoms with E-state index < -0.39 is 17.4 Å². The SMILES string of the molecule is CN=C(NCCc1nc(C)no1)NCC1C(C)OC(C)(C)N1C(=O)OC(C)(C)C.I. The molecule has 2 atom stereocenters. The number of amides is 1. The van der Waals surface area contributed by atoms with Crippen molar-refractivity contribution in [3.8, 4) is 0 Å². The zero-order valence-corrected chi connectivity index (χ0v) is 21.4. The van der Waals surface area contributed by atoms with Crippen molar-refractivity contribution < 1.29 is 18.8 Å². The molecule has 0 radical (unpaired) electrons. The fourth-order valence-corrected chi connectivity index (χ4v) is 3.27. The summed E-state index contributed by atoms with van der Waals surface area (Å²) in [6.45, 7) is 14.1. The third-order valence-corrected chi connectivity index (χ3v) is 4.42. The van der Waals surface area contributed by atoms with E-state index >= 15 is 0 Å². The minimum Gasteiger partial charge on any atom is -0.444 e. The van der Waals surface area contributed by atoms with E-state index in [2.05, 4.69) is 25.8 Å². The van der Waals surface area contributed by atoms with Gasteiger partial charge in [0.1, 0.15) is 11.3 Å². The Balaban J connectivity index is 0.00000450. The fraction of sp³-hybridized carbons (Fsp3) is 0.789. The first-order valence-electron chi connectivity index (χ1n) is 9.87. The molecule has 0 aliphatic carbocycles. The molecule has 10 nitrogen and oxygen atoms in total. The molecule has 2 N–H and O–H groups in total. The summed E-state index contributed by atoms with van der Waals surface area (Å²) in [4.78, 5) is 22.9. The number of aliphatic imine (C=N–C) groups is 1. The van der Waals surface area contributed by atoms with Crippen molar-refractivity contribution in [2.24, 2.45) is 4.99 Å². The molecule has 0 spiro atoms. The van der Waals surface area contributed by atoms with Crippen molar-refractivity contribution >= 4 is 36.0 Å². The van der Waals surface area contributed by atoms with E-state index in [1.165, 1.54) is 0 Å². The molecule has 2 rings (SSSR count). The summed E-state index contributed by atoms with van der Waals surface area (Å²) in [7, 11) is 1.69. The van der Waals surface area contributed by atoms with Gasteiger partial charge in [-0.1, -0.05) is 5.16 Å². The summed E-state index contributed by atoms with van der Waals surface area (Å²) in [6.07, 6.45) is 0.0273. The van der Waals surface area contributed by atoms with Crippen molar-refractivity contribution in [3.05, 3.63) is 11.7 Å². The van der Waals surface area contributed by atoms with Gasteiger partial charge in [-0.2, -0.15) is 4.98 Å². The first-order chi connectivity index (χ1) is 13.4. The molecule has 0 aromatic carbocycles. The van der Waals surface area contributed by atoms with Gasteiger partial charge in [0, 0.05) is 26.6 Å². The summed E-state index contributed by atoms with van der Waals surface area (Å²) in [6, 6.07) is -0.211. The van der Waals surface area contributed by atoms with Gasteiger partial charge in [-0.05, 0) is 48.5 Å². The third kappa shape index (κ3) is 7.25. The Kier molecular flexibility index (Phi) is 9.33. The van der Waals surface area contributed by atoms with Crippen molar-refractivity contribution in [1.82, 2.24) is 25.7 Å². The Bertz CT molecular complexity index is 731.